The Morgan fingerprint density at radius 3 is 2.96 bits per heavy atom. The van der Waals surface area contributed by atoms with Gasteiger partial charge in [0, 0.05) is 23.1 Å². The van der Waals surface area contributed by atoms with Crippen molar-refractivity contribution in [1.82, 2.24) is 15.5 Å². The minimum absolute atomic E-state index is 0.0436. The minimum Gasteiger partial charge on any atom is -0.345 e. The largest absolute Gasteiger partial charge is 0.345 e. The van der Waals surface area contributed by atoms with Gasteiger partial charge in [-0.1, -0.05) is 36.3 Å². The molecule has 27 heavy (non-hydrogen) atoms. The third-order valence-corrected chi connectivity index (χ3v) is 4.84. The van der Waals surface area contributed by atoms with E-state index in [1.807, 2.05) is 19.1 Å². The van der Waals surface area contributed by atoms with E-state index in [1.54, 1.807) is 24.3 Å². The van der Waals surface area contributed by atoms with Gasteiger partial charge in [0.15, 0.2) is 0 Å². The number of nitrogens with one attached hydrogen (secondary N) is 1. The van der Waals surface area contributed by atoms with Crippen molar-refractivity contribution in [2.75, 3.05) is 0 Å². The molecule has 4 rings (SSSR count). The second kappa shape index (κ2) is 7.15. The second-order valence-electron chi connectivity index (χ2n) is 6.59. The molecule has 6 heteroatoms. The molecule has 0 saturated carbocycles. The van der Waals surface area contributed by atoms with Crippen LogP contribution in [0.5, 0.6) is 0 Å². The number of carbonyl (C=O) groups is 2. The highest BCUT2D eigenvalue weighted by Gasteiger charge is 2.25. The van der Waals surface area contributed by atoms with E-state index in [0.717, 1.165) is 30.3 Å². The van der Waals surface area contributed by atoms with Crippen molar-refractivity contribution in [3.8, 4) is 11.4 Å². The van der Waals surface area contributed by atoms with Crippen LogP contribution in [-0.2, 0) is 12.8 Å². The maximum absolute atomic E-state index is 12.5. The van der Waals surface area contributed by atoms with E-state index in [-0.39, 0.29) is 11.9 Å². The molecule has 0 radical (unpaired) electrons. The molecule has 0 saturated heterocycles. The van der Waals surface area contributed by atoms with Crippen molar-refractivity contribution in [2.45, 2.75) is 32.2 Å². The van der Waals surface area contributed by atoms with Gasteiger partial charge < -0.3 is 9.84 Å². The van der Waals surface area contributed by atoms with Gasteiger partial charge in [0.05, 0.1) is 6.04 Å². The van der Waals surface area contributed by atoms with Gasteiger partial charge in [-0.15, -0.1) is 0 Å². The van der Waals surface area contributed by atoms with Crippen molar-refractivity contribution >= 4 is 12.2 Å². The molecule has 6 nitrogen and oxygen atoms in total. The zero-order valence-electron chi connectivity index (χ0n) is 14.9. The summed E-state index contributed by atoms with van der Waals surface area (Å²) in [5, 5.41) is 7.09. The van der Waals surface area contributed by atoms with Crippen LogP contribution >= 0.6 is 0 Å². The molecule has 1 aliphatic carbocycles. The van der Waals surface area contributed by atoms with E-state index in [9.17, 15) is 9.59 Å². The van der Waals surface area contributed by atoms with E-state index in [0.29, 0.717) is 29.3 Å². The van der Waals surface area contributed by atoms with Crippen molar-refractivity contribution in [3.63, 3.8) is 0 Å². The molecule has 1 aromatic heterocycles. The number of carbonyl (C=O) groups excluding carboxylic acids is 2. The Hall–Kier alpha value is -3.28. The molecule has 136 valence electrons. The number of aromatic nitrogens is 2. The first-order valence-corrected chi connectivity index (χ1v) is 9.00. The number of amides is 1. The first-order chi connectivity index (χ1) is 13.2. The number of rotatable bonds is 5. The summed E-state index contributed by atoms with van der Waals surface area (Å²) < 4.78 is 5.19. The lowest BCUT2D eigenvalue weighted by atomic mass is 10.0. The number of benzene rings is 2. The summed E-state index contributed by atoms with van der Waals surface area (Å²) in [7, 11) is 0. The predicted octanol–water partition coefficient (Wildman–Crippen LogP) is 3.53. The topological polar surface area (TPSA) is 85.1 Å². The molecule has 0 spiro atoms. The Labute approximate surface area is 156 Å². The molecule has 0 unspecified atom stereocenters. The van der Waals surface area contributed by atoms with Gasteiger partial charge in [0.2, 0.25) is 11.7 Å². The van der Waals surface area contributed by atoms with Gasteiger partial charge in [-0.2, -0.15) is 4.98 Å². The summed E-state index contributed by atoms with van der Waals surface area (Å²) in [6, 6.07) is 12.7. The molecule has 0 aliphatic heterocycles. The van der Waals surface area contributed by atoms with Gasteiger partial charge in [-0.3, -0.25) is 9.59 Å². The molecule has 3 aromatic rings. The average Bonchev–Trinajstić information content (AvgIpc) is 3.35. The Bertz CT molecular complexity index is 1010. The number of fused-ring (bicyclic) bond motifs is 1. The lowest BCUT2D eigenvalue weighted by molar-refractivity contribution is 0.0936. The molecule has 1 aliphatic rings. The Kier molecular flexibility index (Phi) is 4.54. The monoisotopic (exact) mass is 361 g/mol. The molecule has 0 fully saturated rings. The van der Waals surface area contributed by atoms with Crippen LogP contribution in [0.15, 0.2) is 47.0 Å². The van der Waals surface area contributed by atoms with Crippen molar-refractivity contribution in [3.05, 3.63) is 70.6 Å². The van der Waals surface area contributed by atoms with Crippen molar-refractivity contribution in [1.29, 1.82) is 0 Å². The van der Waals surface area contributed by atoms with E-state index in [1.165, 1.54) is 5.56 Å². The first kappa shape index (κ1) is 17.1. The van der Waals surface area contributed by atoms with Crippen LogP contribution in [0.3, 0.4) is 0 Å². The zero-order chi connectivity index (χ0) is 18.8. The van der Waals surface area contributed by atoms with Gasteiger partial charge >= 0.3 is 0 Å². The Balaban J connectivity index is 1.53. The fourth-order valence-corrected chi connectivity index (χ4v) is 3.42. The van der Waals surface area contributed by atoms with Crippen LogP contribution in [0.4, 0.5) is 0 Å². The third-order valence-electron chi connectivity index (χ3n) is 4.84. The highest BCUT2D eigenvalue weighted by atomic mass is 16.5. The molecule has 2 aromatic carbocycles. The quantitative estimate of drug-likeness (QED) is 0.703. The third kappa shape index (κ3) is 3.38. The molecule has 1 atom stereocenters. The molecule has 0 bridgehead atoms. The summed E-state index contributed by atoms with van der Waals surface area (Å²) in [4.78, 5) is 27.8. The Morgan fingerprint density at radius 2 is 2.19 bits per heavy atom. The summed E-state index contributed by atoms with van der Waals surface area (Å²) in [5.74, 6) is 1.03. The van der Waals surface area contributed by atoms with E-state index in [2.05, 4.69) is 21.5 Å². The van der Waals surface area contributed by atoms with Crippen molar-refractivity contribution in [2.24, 2.45) is 0 Å². The van der Waals surface area contributed by atoms with Gasteiger partial charge in [0.25, 0.3) is 5.91 Å². The smallest absolute Gasteiger partial charge is 0.251 e. The summed E-state index contributed by atoms with van der Waals surface area (Å²) in [5.41, 5.74) is 4.19. The fourth-order valence-electron chi connectivity index (χ4n) is 3.42. The normalized spacial score (nSPS) is 15.4. The van der Waals surface area contributed by atoms with Gasteiger partial charge in [-0.05, 0) is 42.2 Å². The SMILES string of the molecule is CCc1nc(-c2ccc3c(c2)CC[C@H]3NC(=O)c2cccc(C=O)c2)no1. The number of aldehydes is 1. The van der Waals surface area contributed by atoms with Gasteiger partial charge in [0.1, 0.15) is 6.29 Å². The van der Waals surface area contributed by atoms with Crippen LogP contribution in [0.2, 0.25) is 0 Å². The molecular formula is C21H19N3O3. The maximum atomic E-state index is 12.5. The highest BCUT2D eigenvalue weighted by Crippen LogP contribution is 2.34. The summed E-state index contributed by atoms with van der Waals surface area (Å²) in [6.07, 6.45) is 3.16. The van der Waals surface area contributed by atoms with Crippen LogP contribution in [-0.4, -0.2) is 22.3 Å². The van der Waals surface area contributed by atoms with Gasteiger partial charge in [-0.25, -0.2) is 0 Å². The molecule has 1 heterocycles. The number of nitrogens with zero attached hydrogens (tertiary/aromatic N) is 2. The molecule has 1 N–H and O–H groups in total. The standard InChI is InChI=1S/C21H19N3O3/c1-2-19-23-20(24-27-19)15-6-8-17-14(11-15)7-9-18(17)22-21(26)16-5-3-4-13(10-16)12-25/h3-6,8,10-12,18H,2,7,9H2,1H3,(H,22,26)/t18-/m1/s1. The number of hydrogen-bond donors (Lipinski definition) is 1. The maximum Gasteiger partial charge on any atom is 0.251 e. The summed E-state index contributed by atoms with van der Waals surface area (Å²) >= 11 is 0. The predicted molar refractivity (Wildman–Crippen MR) is 99.5 cm³/mol. The van der Waals surface area contributed by atoms with E-state index >= 15 is 0 Å². The minimum atomic E-state index is -0.175. The molecule has 1 amide bonds. The van der Waals surface area contributed by atoms with E-state index in [4.69, 9.17) is 4.52 Å². The van der Waals surface area contributed by atoms with Crippen LogP contribution in [0, 0.1) is 0 Å². The fraction of sp³-hybridized carbons (Fsp3) is 0.238. The van der Waals surface area contributed by atoms with Crippen LogP contribution in [0.25, 0.3) is 11.4 Å². The van der Waals surface area contributed by atoms with Crippen LogP contribution < -0.4 is 5.32 Å². The second-order valence-corrected chi connectivity index (χ2v) is 6.59. The highest BCUT2D eigenvalue weighted by molar-refractivity contribution is 5.96. The average molecular weight is 361 g/mol. The number of aryl methyl sites for hydroxylation is 2. The zero-order valence-corrected chi connectivity index (χ0v) is 14.9. The first-order valence-electron chi connectivity index (χ1n) is 9.00. The van der Waals surface area contributed by atoms with Crippen LogP contribution in [0.1, 0.15) is 57.1 Å². The van der Waals surface area contributed by atoms with E-state index < -0.39 is 0 Å². The summed E-state index contributed by atoms with van der Waals surface area (Å²) in [6.45, 7) is 1.97. The lowest BCUT2D eigenvalue weighted by Crippen LogP contribution is -2.27. The van der Waals surface area contributed by atoms with Crippen molar-refractivity contribution < 1.29 is 14.1 Å². The Morgan fingerprint density at radius 1 is 1.30 bits per heavy atom. The molecular weight excluding hydrogens is 342 g/mol. The lowest BCUT2D eigenvalue weighted by Gasteiger charge is -2.14. The number of hydrogen-bond acceptors (Lipinski definition) is 5.